The number of carbonyl (C=O) groups is 2. The zero-order valence-corrected chi connectivity index (χ0v) is 14.7. The molecule has 2 rings (SSSR count). The fourth-order valence-electron chi connectivity index (χ4n) is 1.95. The first kappa shape index (κ1) is 18.7. The van der Waals surface area contributed by atoms with E-state index in [9.17, 15) is 9.59 Å². The number of amides is 2. The fourth-order valence-corrected chi connectivity index (χ4v) is 2.06. The predicted octanol–water partition coefficient (Wildman–Crippen LogP) is 4.01. The third-order valence-corrected chi connectivity index (χ3v) is 3.57. The molecule has 0 saturated carbocycles. The first-order valence-electron chi connectivity index (χ1n) is 8.01. The molecule has 6 nitrogen and oxygen atoms in total. The number of unbranched alkanes of at least 4 members (excludes halogenated alkanes) is 1. The Morgan fingerprint density at radius 2 is 1.92 bits per heavy atom. The molecule has 0 spiro atoms. The zero-order chi connectivity index (χ0) is 18.1. The minimum atomic E-state index is -0.361. The van der Waals surface area contributed by atoms with E-state index in [0.29, 0.717) is 29.6 Å². The van der Waals surface area contributed by atoms with Gasteiger partial charge in [-0.2, -0.15) is 0 Å². The molecule has 0 saturated heterocycles. The SMILES string of the molecule is CCCCOC(=O)c1ccc(NC(=O)NCc2ccc(Cl)nc2)cc1. The smallest absolute Gasteiger partial charge is 0.338 e. The first-order chi connectivity index (χ1) is 12.1. The summed E-state index contributed by atoms with van der Waals surface area (Å²) in [6, 6.07) is 9.64. The van der Waals surface area contributed by atoms with Crippen LogP contribution in [0.2, 0.25) is 5.15 Å². The second-order valence-corrected chi connectivity index (χ2v) is 5.75. The van der Waals surface area contributed by atoms with Gasteiger partial charge in [0, 0.05) is 18.4 Å². The lowest BCUT2D eigenvalue weighted by molar-refractivity contribution is 0.0500. The molecule has 2 amide bonds. The minimum Gasteiger partial charge on any atom is -0.462 e. The second-order valence-electron chi connectivity index (χ2n) is 5.36. The van der Waals surface area contributed by atoms with Gasteiger partial charge in [0.2, 0.25) is 0 Å². The van der Waals surface area contributed by atoms with Crippen LogP contribution in [0.3, 0.4) is 0 Å². The Kier molecular flexibility index (Phi) is 7.22. The maximum absolute atomic E-state index is 11.9. The highest BCUT2D eigenvalue weighted by Crippen LogP contribution is 2.11. The summed E-state index contributed by atoms with van der Waals surface area (Å²) in [7, 11) is 0. The number of nitrogens with zero attached hydrogens (tertiary/aromatic N) is 1. The summed E-state index contributed by atoms with van der Waals surface area (Å²) in [4.78, 5) is 27.6. The van der Waals surface area contributed by atoms with E-state index in [1.807, 2.05) is 6.92 Å². The van der Waals surface area contributed by atoms with Crippen molar-refractivity contribution in [3.63, 3.8) is 0 Å². The minimum absolute atomic E-state index is 0.331. The molecule has 0 atom stereocenters. The van der Waals surface area contributed by atoms with E-state index < -0.39 is 0 Å². The molecule has 0 radical (unpaired) electrons. The van der Waals surface area contributed by atoms with Crippen LogP contribution in [0, 0.1) is 0 Å². The van der Waals surface area contributed by atoms with E-state index in [-0.39, 0.29) is 12.0 Å². The molecule has 0 fully saturated rings. The Balaban J connectivity index is 1.80. The molecule has 1 heterocycles. The van der Waals surface area contributed by atoms with Crippen LogP contribution >= 0.6 is 11.6 Å². The molecule has 0 bridgehead atoms. The van der Waals surface area contributed by atoms with E-state index in [0.717, 1.165) is 18.4 Å². The number of anilines is 1. The zero-order valence-electron chi connectivity index (χ0n) is 13.9. The lowest BCUT2D eigenvalue weighted by atomic mass is 10.2. The number of rotatable bonds is 7. The number of benzene rings is 1. The second kappa shape index (κ2) is 9.64. The Hall–Kier alpha value is -2.60. The van der Waals surface area contributed by atoms with E-state index in [4.69, 9.17) is 16.3 Å². The van der Waals surface area contributed by atoms with E-state index in [2.05, 4.69) is 15.6 Å². The lowest BCUT2D eigenvalue weighted by Gasteiger charge is -2.08. The Labute approximate surface area is 151 Å². The van der Waals surface area contributed by atoms with Crippen LogP contribution in [0.5, 0.6) is 0 Å². The van der Waals surface area contributed by atoms with Crippen LogP contribution in [-0.2, 0) is 11.3 Å². The molecule has 0 aliphatic heterocycles. The van der Waals surface area contributed by atoms with Crippen molar-refractivity contribution in [3.05, 3.63) is 58.9 Å². The quantitative estimate of drug-likeness (QED) is 0.443. The van der Waals surface area contributed by atoms with Crippen molar-refractivity contribution < 1.29 is 14.3 Å². The largest absolute Gasteiger partial charge is 0.462 e. The van der Waals surface area contributed by atoms with Crippen molar-refractivity contribution in [1.29, 1.82) is 0 Å². The van der Waals surface area contributed by atoms with Gasteiger partial charge in [0.1, 0.15) is 5.15 Å². The Morgan fingerprint density at radius 3 is 2.56 bits per heavy atom. The number of aromatic nitrogens is 1. The van der Waals surface area contributed by atoms with E-state index >= 15 is 0 Å². The summed E-state index contributed by atoms with van der Waals surface area (Å²) in [6.45, 7) is 2.78. The van der Waals surface area contributed by atoms with Crippen molar-refractivity contribution in [2.75, 3.05) is 11.9 Å². The van der Waals surface area contributed by atoms with Gasteiger partial charge in [-0.1, -0.05) is 31.0 Å². The maximum atomic E-state index is 11.9. The highest BCUT2D eigenvalue weighted by Gasteiger charge is 2.07. The molecule has 0 aliphatic rings. The Morgan fingerprint density at radius 1 is 1.16 bits per heavy atom. The molecule has 1 aromatic heterocycles. The van der Waals surface area contributed by atoms with Crippen LogP contribution in [0.4, 0.5) is 10.5 Å². The highest BCUT2D eigenvalue weighted by molar-refractivity contribution is 6.29. The summed E-state index contributed by atoms with van der Waals surface area (Å²) >= 11 is 5.71. The third-order valence-electron chi connectivity index (χ3n) is 3.35. The van der Waals surface area contributed by atoms with Gasteiger partial charge < -0.3 is 15.4 Å². The van der Waals surface area contributed by atoms with Crippen LogP contribution < -0.4 is 10.6 Å². The van der Waals surface area contributed by atoms with E-state index in [1.165, 1.54) is 0 Å². The van der Waals surface area contributed by atoms with E-state index in [1.54, 1.807) is 42.6 Å². The fraction of sp³-hybridized carbons (Fsp3) is 0.278. The average Bonchev–Trinajstić information content (AvgIpc) is 2.62. The van der Waals surface area contributed by atoms with Gasteiger partial charge in [-0.25, -0.2) is 14.6 Å². The van der Waals surface area contributed by atoms with Gasteiger partial charge >= 0.3 is 12.0 Å². The molecule has 0 unspecified atom stereocenters. The van der Waals surface area contributed by atoms with Crippen molar-refractivity contribution in [3.8, 4) is 0 Å². The predicted molar refractivity (Wildman–Crippen MR) is 96.7 cm³/mol. The van der Waals surface area contributed by atoms with Gasteiger partial charge in [-0.05, 0) is 42.3 Å². The highest BCUT2D eigenvalue weighted by atomic mass is 35.5. The summed E-state index contributed by atoms with van der Waals surface area (Å²) in [5.41, 5.74) is 1.87. The summed E-state index contributed by atoms with van der Waals surface area (Å²) < 4.78 is 5.13. The lowest BCUT2D eigenvalue weighted by Crippen LogP contribution is -2.28. The molecule has 7 heteroatoms. The average molecular weight is 362 g/mol. The maximum Gasteiger partial charge on any atom is 0.338 e. The molecular weight excluding hydrogens is 342 g/mol. The van der Waals surface area contributed by atoms with Crippen LogP contribution in [0.25, 0.3) is 0 Å². The summed E-state index contributed by atoms with van der Waals surface area (Å²) in [5, 5.41) is 5.81. The number of nitrogens with one attached hydrogen (secondary N) is 2. The summed E-state index contributed by atoms with van der Waals surface area (Å²) in [6.07, 6.45) is 3.41. The molecule has 2 aromatic rings. The number of esters is 1. The summed E-state index contributed by atoms with van der Waals surface area (Å²) in [5.74, 6) is -0.361. The molecule has 25 heavy (non-hydrogen) atoms. The van der Waals surface area contributed by atoms with Crippen LogP contribution in [0.1, 0.15) is 35.7 Å². The number of urea groups is 1. The normalized spacial score (nSPS) is 10.2. The van der Waals surface area contributed by atoms with Gasteiger partial charge in [0.15, 0.2) is 0 Å². The van der Waals surface area contributed by atoms with Crippen LogP contribution in [0.15, 0.2) is 42.6 Å². The molecule has 1 aromatic carbocycles. The molecule has 0 aliphatic carbocycles. The number of halogens is 1. The third kappa shape index (κ3) is 6.43. The number of pyridine rings is 1. The van der Waals surface area contributed by atoms with Gasteiger partial charge in [-0.3, -0.25) is 0 Å². The van der Waals surface area contributed by atoms with Crippen molar-refractivity contribution in [2.24, 2.45) is 0 Å². The topological polar surface area (TPSA) is 80.3 Å². The first-order valence-corrected chi connectivity index (χ1v) is 8.38. The number of hydrogen-bond donors (Lipinski definition) is 2. The Bertz CT molecular complexity index is 703. The number of carbonyl (C=O) groups excluding carboxylic acids is 2. The van der Waals surface area contributed by atoms with Crippen molar-refractivity contribution in [2.45, 2.75) is 26.3 Å². The monoisotopic (exact) mass is 361 g/mol. The van der Waals surface area contributed by atoms with Crippen molar-refractivity contribution >= 4 is 29.3 Å². The number of ether oxygens (including phenoxy) is 1. The molecule has 2 N–H and O–H groups in total. The standard InChI is InChI=1S/C18H20ClN3O3/c1-2-3-10-25-17(23)14-5-7-15(8-6-14)22-18(24)21-12-13-4-9-16(19)20-11-13/h4-9,11H,2-3,10,12H2,1H3,(H2,21,22,24). The van der Waals surface area contributed by atoms with Crippen LogP contribution in [-0.4, -0.2) is 23.6 Å². The van der Waals surface area contributed by atoms with Gasteiger partial charge in [-0.15, -0.1) is 0 Å². The van der Waals surface area contributed by atoms with Crippen molar-refractivity contribution in [1.82, 2.24) is 10.3 Å². The van der Waals surface area contributed by atoms with Gasteiger partial charge in [0.05, 0.1) is 12.2 Å². The van der Waals surface area contributed by atoms with Gasteiger partial charge in [0.25, 0.3) is 0 Å². The molecular formula is C18H20ClN3O3. The number of hydrogen-bond acceptors (Lipinski definition) is 4. The molecule has 132 valence electrons.